The van der Waals surface area contributed by atoms with Gasteiger partial charge in [0.05, 0.1) is 17.4 Å². The third-order valence-electron chi connectivity index (χ3n) is 1.92. The Hall–Kier alpha value is -1.62. The normalized spacial score (nSPS) is 10.4. The van der Waals surface area contributed by atoms with E-state index in [1.165, 1.54) is 18.4 Å². The maximum Gasteiger partial charge on any atom is 0.339 e. The Bertz CT molecular complexity index is 493. The number of esters is 1. The Labute approximate surface area is 84.3 Å². The van der Waals surface area contributed by atoms with Crippen molar-refractivity contribution in [1.82, 2.24) is 4.98 Å². The summed E-state index contributed by atoms with van der Waals surface area (Å²) < 4.78 is 5.48. The fourth-order valence-electron chi connectivity index (χ4n) is 1.25. The van der Waals surface area contributed by atoms with Crippen LogP contribution in [0.3, 0.4) is 0 Å². The zero-order chi connectivity index (χ0) is 10.1. The molecule has 0 bridgehead atoms. The summed E-state index contributed by atoms with van der Waals surface area (Å²) in [5.74, 6) is 0.101. The van der Waals surface area contributed by atoms with Gasteiger partial charge in [-0.15, -0.1) is 11.3 Å². The first-order valence-electron chi connectivity index (χ1n) is 3.94. The Balaban J connectivity index is 2.70. The predicted molar refractivity (Wildman–Crippen MR) is 55.4 cm³/mol. The molecule has 2 rings (SSSR count). The van der Waals surface area contributed by atoms with Crippen LogP contribution in [-0.2, 0) is 4.74 Å². The molecule has 4 nitrogen and oxygen atoms in total. The molecule has 0 aliphatic heterocycles. The summed E-state index contributed by atoms with van der Waals surface area (Å²) in [6.45, 7) is 0. The molecule has 0 radical (unpaired) electrons. The van der Waals surface area contributed by atoms with Gasteiger partial charge in [0.25, 0.3) is 0 Å². The summed E-state index contributed by atoms with van der Waals surface area (Å²) in [5.41, 5.74) is 6.20. The summed E-state index contributed by atoms with van der Waals surface area (Å²) in [5, 5.41) is 2.53. The minimum absolute atomic E-state index is 0.346. The van der Waals surface area contributed by atoms with Crippen LogP contribution in [0.15, 0.2) is 17.6 Å². The van der Waals surface area contributed by atoms with Crippen LogP contribution in [-0.4, -0.2) is 18.1 Å². The van der Waals surface area contributed by atoms with E-state index < -0.39 is 0 Å². The molecule has 2 heterocycles. The summed E-state index contributed by atoms with van der Waals surface area (Å²) in [4.78, 5) is 15.3. The van der Waals surface area contributed by atoms with Gasteiger partial charge in [-0.25, -0.2) is 9.78 Å². The van der Waals surface area contributed by atoms with E-state index in [9.17, 15) is 4.79 Å². The number of nitrogen functional groups attached to an aromatic ring is 1. The lowest BCUT2D eigenvalue weighted by molar-refractivity contribution is 0.0603. The molecule has 0 aromatic carbocycles. The Kier molecular flexibility index (Phi) is 2.09. The second kappa shape index (κ2) is 3.26. The minimum atomic E-state index is -0.346. The quantitative estimate of drug-likeness (QED) is 0.724. The van der Waals surface area contributed by atoms with Gasteiger partial charge in [0, 0.05) is 17.0 Å². The van der Waals surface area contributed by atoms with Gasteiger partial charge in [-0.2, -0.15) is 0 Å². The molecular weight excluding hydrogens is 200 g/mol. The number of carbonyl (C=O) groups excluding carboxylic acids is 1. The number of pyridine rings is 1. The van der Waals surface area contributed by atoms with Gasteiger partial charge in [-0.05, 0) is 6.07 Å². The first-order valence-corrected chi connectivity index (χ1v) is 4.82. The number of nitrogens with two attached hydrogens (primary N) is 1. The molecule has 0 aliphatic carbocycles. The average molecular weight is 208 g/mol. The van der Waals surface area contributed by atoms with Gasteiger partial charge in [0.1, 0.15) is 5.82 Å². The molecule has 0 atom stereocenters. The number of fused-ring (bicyclic) bond motifs is 1. The number of ether oxygens (including phenoxy) is 1. The Morgan fingerprint density at radius 1 is 1.64 bits per heavy atom. The number of hydrogen-bond donors (Lipinski definition) is 1. The summed E-state index contributed by atoms with van der Waals surface area (Å²) in [7, 11) is 1.36. The molecule has 2 N–H and O–H groups in total. The van der Waals surface area contributed by atoms with E-state index in [1.807, 2.05) is 0 Å². The highest BCUT2D eigenvalue weighted by Gasteiger charge is 2.13. The molecule has 0 saturated carbocycles. The molecule has 72 valence electrons. The topological polar surface area (TPSA) is 65.2 Å². The van der Waals surface area contributed by atoms with Gasteiger partial charge in [0.15, 0.2) is 0 Å². The van der Waals surface area contributed by atoms with Crippen molar-refractivity contribution in [3.8, 4) is 0 Å². The van der Waals surface area contributed by atoms with Crippen LogP contribution in [0.1, 0.15) is 10.4 Å². The molecule has 14 heavy (non-hydrogen) atoms. The number of rotatable bonds is 1. The number of thiophene rings is 1. The number of hydrogen-bond acceptors (Lipinski definition) is 5. The van der Waals surface area contributed by atoms with E-state index in [0.717, 1.165) is 10.1 Å². The largest absolute Gasteiger partial charge is 0.465 e. The van der Waals surface area contributed by atoms with Crippen molar-refractivity contribution in [2.45, 2.75) is 0 Å². The van der Waals surface area contributed by atoms with E-state index >= 15 is 0 Å². The molecule has 2 aromatic rings. The van der Waals surface area contributed by atoms with Crippen LogP contribution >= 0.6 is 11.3 Å². The van der Waals surface area contributed by atoms with Crippen LogP contribution in [0.5, 0.6) is 0 Å². The van der Waals surface area contributed by atoms with Crippen LogP contribution in [0.25, 0.3) is 10.1 Å². The van der Waals surface area contributed by atoms with Crippen LogP contribution in [0.2, 0.25) is 0 Å². The summed E-state index contributed by atoms with van der Waals surface area (Å²) in [6.07, 6.45) is 1.58. The van der Waals surface area contributed by atoms with Crippen LogP contribution < -0.4 is 5.73 Å². The Morgan fingerprint density at radius 2 is 2.43 bits per heavy atom. The standard InChI is InChI=1S/C9H8N2O2S/c1-13-9(12)6-4-14-7-5(6)2-3-11-8(7)10/h2-4H,1H3,(H2,10,11). The van der Waals surface area contributed by atoms with Crippen LogP contribution in [0.4, 0.5) is 5.82 Å². The molecule has 0 aliphatic rings. The lowest BCUT2D eigenvalue weighted by Crippen LogP contribution is -1.99. The highest BCUT2D eigenvalue weighted by Crippen LogP contribution is 2.29. The van der Waals surface area contributed by atoms with Crippen molar-refractivity contribution in [3.63, 3.8) is 0 Å². The third-order valence-corrected chi connectivity index (χ3v) is 2.94. The SMILES string of the molecule is COC(=O)c1csc2c(N)nccc12. The van der Waals surface area contributed by atoms with Crippen molar-refractivity contribution in [2.75, 3.05) is 12.8 Å². The second-order valence-electron chi connectivity index (χ2n) is 2.71. The number of anilines is 1. The average Bonchev–Trinajstić information content (AvgIpc) is 2.62. The third kappa shape index (κ3) is 1.22. The fraction of sp³-hybridized carbons (Fsp3) is 0.111. The molecule has 0 amide bonds. The zero-order valence-electron chi connectivity index (χ0n) is 7.48. The number of carbonyl (C=O) groups is 1. The van der Waals surface area contributed by atoms with Gasteiger partial charge in [-0.1, -0.05) is 0 Å². The van der Waals surface area contributed by atoms with Crippen molar-refractivity contribution in [1.29, 1.82) is 0 Å². The van der Waals surface area contributed by atoms with Gasteiger partial charge in [-0.3, -0.25) is 0 Å². The number of nitrogens with zero attached hydrogens (tertiary/aromatic N) is 1. The van der Waals surface area contributed by atoms with Crippen molar-refractivity contribution in [3.05, 3.63) is 23.2 Å². The molecule has 0 unspecified atom stereocenters. The molecule has 0 fully saturated rings. The first-order chi connectivity index (χ1) is 6.74. The molecule has 0 saturated heterocycles. The summed E-state index contributed by atoms with van der Waals surface area (Å²) in [6, 6.07) is 1.76. The van der Waals surface area contributed by atoms with E-state index in [1.54, 1.807) is 17.6 Å². The summed E-state index contributed by atoms with van der Waals surface area (Å²) >= 11 is 1.40. The van der Waals surface area contributed by atoms with Gasteiger partial charge < -0.3 is 10.5 Å². The smallest absolute Gasteiger partial charge is 0.339 e. The van der Waals surface area contributed by atoms with E-state index in [2.05, 4.69) is 9.72 Å². The monoisotopic (exact) mass is 208 g/mol. The molecule has 2 aromatic heterocycles. The lowest BCUT2D eigenvalue weighted by Gasteiger charge is -1.97. The van der Waals surface area contributed by atoms with Crippen molar-refractivity contribution >= 4 is 33.2 Å². The maximum atomic E-state index is 11.3. The predicted octanol–water partition coefficient (Wildman–Crippen LogP) is 1.67. The molecule has 0 spiro atoms. The second-order valence-corrected chi connectivity index (χ2v) is 3.59. The highest BCUT2D eigenvalue weighted by molar-refractivity contribution is 7.18. The van der Waals surface area contributed by atoms with E-state index in [-0.39, 0.29) is 5.97 Å². The first kappa shape index (κ1) is 8.96. The number of aromatic nitrogens is 1. The van der Waals surface area contributed by atoms with Crippen LogP contribution in [0, 0.1) is 0 Å². The van der Waals surface area contributed by atoms with E-state index in [4.69, 9.17) is 5.73 Å². The van der Waals surface area contributed by atoms with Gasteiger partial charge in [0.2, 0.25) is 0 Å². The molecule has 5 heteroatoms. The van der Waals surface area contributed by atoms with Crippen molar-refractivity contribution < 1.29 is 9.53 Å². The highest BCUT2D eigenvalue weighted by atomic mass is 32.1. The van der Waals surface area contributed by atoms with Gasteiger partial charge >= 0.3 is 5.97 Å². The number of methoxy groups -OCH3 is 1. The fourth-order valence-corrected chi connectivity index (χ4v) is 2.19. The molecular formula is C9H8N2O2S. The Morgan fingerprint density at radius 3 is 3.14 bits per heavy atom. The maximum absolute atomic E-state index is 11.3. The minimum Gasteiger partial charge on any atom is -0.465 e. The zero-order valence-corrected chi connectivity index (χ0v) is 8.30. The van der Waals surface area contributed by atoms with Crippen molar-refractivity contribution in [2.24, 2.45) is 0 Å². The lowest BCUT2D eigenvalue weighted by atomic mass is 10.2. The van der Waals surface area contributed by atoms with E-state index in [0.29, 0.717) is 11.4 Å².